The Kier molecular flexibility index (Phi) is 3.83. The standard InChI is InChI=1S/C10H16N2O2/c1-4-14-9(7(2)3)10-11-6-5-8(13)12-10/h5-7,9H,4H2,1-3H3,(H,11,12,13). The molecule has 0 saturated heterocycles. The van der Waals surface area contributed by atoms with Crippen LogP contribution in [-0.2, 0) is 4.74 Å². The first-order valence-corrected chi connectivity index (χ1v) is 4.82. The highest BCUT2D eigenvalue weighted by Gasteiger charge is 2.17. The Balaban J connectivity index is 2.93. The Morgan fingerprint density at radius 1 is 1.57 bits per heavy atom. The van der Waals surface area contributed by atoms with Gasteiger partial charge in [0.1, 0.15) is 11.9 Å². The molecule has 1 atom stereocenters. The fourth-order valence-corrected chi connectivity index (χ4v) is 1.30. The molecule has 0 radical (unpaired) electrons. The molecule has 78 valence electrons. The maximum atomic E-state index is 11.1. The Morgan fingerprint density at radius 3 is 2.79 bits per heavy atom. The van der Waals surface area contributed by atoms with E-state index < -0.39 is 0 Å². The van der Waals surface area contributed by atoms with Crippen LogP contribution in [0.25, 0.3) is 0 Å². The van der Waals surface area contributed by atoms with E-state index in [1.54, 1.807) is 0 Å². The van der Waals surface area contributed by atoms with E-state index in [2.05, 4.69) is 9.97 Å². The molecule has 1 unspecified atom stereocenters. The average molecular weight is 196 g/mol. The van der Waals surface area contributed by atoms with Gasteiger partial charge in [0.05, 0.1) is 0 Å². The van der Waals surface area contributed by atoms with Gasteiger partial charge >= 0.3 is 0 Å². The van der Waals surface area contributed by atoms with Crippen molar-refractivity contribution >= 4 is 0 Å². The molecule has 0 fully saturated rings. The van der Waals surface area contributed by atoms with Crippen LogP contribution in [0.5, 0.6) is 0 Å². The number of aromatic nitrogens is 2. The van der Waals surface area contributed by atoms with Crippen molar-refractivity contribution in [2.45, 2.75) is 26.9 Å². The fraction of sp³-hybridized carbons (Fsp3) is 0.600. The second-order valence-corrected chi connectivity index (χ2v) is 3.44. The van der Waals surface area contributed by atoms with Crippen molar-refractivity contribution in [1.82, 2.24) is 9.97 Å². The van der Waals surface area contributed by atoms with Crippen molar-refractivity contribution in [2.75, 3.05) is 6.61 Å². The molecule has 4 nitrogen and oxygen atoms in total. The van der Waals surface area contributed by atoms with Gasteiger partial charge in [-0.05, 0) is 12.8 Å². The number of hydrogen-bond acceptors (Lipinski definition) is 3. The summed E-state index contributed by atoms with van der Waals surface area (Å²) in [5.74, 6) is 0.898. The Labute approximate surface area is 83.3 Å². The lowest BCUT2D eigenvalue weighted by Crippen LogP contribution is -2.18. The van der Waals surface area contributed by atoms with Crippen molar-refractivity contribution in [3.8, 4) is 0 Å². The zero-order chi connectivity index (χ0) is 10.6. The van der Waals surface area contributed by atoms with Crippen LogP contribution in [0.3, 0.4) is 0 Å². The number of ether oxygens (including phenoxy) is 1. The lowest BCUT2D eigenvalue weighted by Gasteiger charge is -2.19. The quantitative estimate of drug-likeness (QED) is 0.794. The molecular formula is C10H16N2O2. The van der Waals surface area contributed by atoms with Gasteiger partial charge in [0.25, 0.3) is 5.56 Å². The predicted octanol–water partition coefficient (Wildman–Crippen LogP) is 1.50. The molecule has 0 saturated carbocycles. The third kappa shape index (κ3) is 2.67. The molecule has 0 bridgehead atoms. The van der Waals surface area contributed by atoms with Crippen molar-refractivity contribution in [2.24, 2.45) is 5.92 Å². The zero-order valence-electron chi connectivity index (χ0n) is 8.78. The summed E-state index contributed by atoms with van der Waals surface area (Å²) < 4.78 is 5.51. The van der Waals surface area contributed by atoms with Gasteiger partial charge in [0, 0.05) is 18.9 Å². The van der Waals surface area contributed by atoms with E-state index in [0.29, 0.717) is 18.3 Å². The third-order valence-corrected chi connectivity index (χ3v) is 1.91. The smallest absolute Gasteiger partial charge is 0.250 e. The molecule has 0 aliphatic heterocycles. The Hall–Kier alpha value is -1.16. The second-order valence-electron chi connectivity index (χ2n) is 3.44. The Bertz CT molecular complexity index is 333. The number of rotatable bonds is 4. The fourth-order valence-electron chi connectivity index (χ4n) is 1.30. The number of hydrogen-bond donors (Lipinski definition) is 1. The van der Waals surface area contributed by atoms with E-state index in [9.17, 15) is 4.79 Å². The maximum absolute atomic E-state index is 11.1. The van der Waals surface area contributed by atoms with Crippen LogP contribution < -0.4 is 5.56 Å². The van der Waals surface area contributed by atoms with Crippen molar-refractivity contribution in [1.29, 1.82) is 0 Å². The van der Waals surface area contributed by atoms with E-state index in [-0.39, 0.29) is 11.7 Å². The van der Waals surface area contributed by atoms with Crippen LogP contribution in [-0.4, -0.2) is 16.6 Å². The van der Waals surface area contributed by atoms with Crippen LogP contribution in [0.15, 0.2) is 17.1 Å². The predicted molar refractivity (Wildman–Crippen MR) is 54.1 cm³/mol. The summed E-state index contributed by atoms with van der Waals surface area (Å²) in [6.07, 6.45) is 1.37. The molecule has 1 heterocycles. The number of nitrogens with zero attached hydrogens (tertiary/aromatic N) is 1. The number of aromatic amines is 1. The highest BCUT2D eigenvalue weighted by Crippen LogP contribution is 2.21. The van der Waals surface area contributed by atoms with Gasteiger partial charge in [-0.2, -0.15) is 0 Å². The highest BCUT2D eigenvalue weighted by molar-refractivity contribution is 4.94. The van der Waals surface area contributed by atoms with E-state index in [1.165, 1.54) is 12.3 Å². The molecule has 0 amide bonds. The molecule has 1 rings (SSSR count). The van der Waals surface area contributed by atoms with Gasteiger partial charge in [-0.15, -0.1) is 0 Å². The van der Waals surface area contributed by atoms with Crippen molar-refractivity contribution < 1.29 is 4.74 Å². The molecular weight excluding hydrogens is 180 g/mol. The average Bonchev–Trinajstić information content (AvgIpc) is 2.13. The summed E-state index contributed by atoms with van der Waals surface area (Å²) in [7, 11) is 0. The SMILES string of the molecule is CCOC(c1nccc(=O)[nH]1)C(C)C. The molecule has 1 aromatic heterocycles. The molecule has 14 heavy (non-hydrogen) atoms. The summed E-state index contributed by atoms with van der Waals surface area (Å²) >= 11 is 0. The van der Waals surface area contributed by atoms with E-state index in [0.717, 1.165) is 0 Å². The van der Waals surface area contributed by atoms with Crippen LogP contribution in [0, 0.1) is 5.92 Å². The van der Waals surface area contributed by atoms with Gasteiger partial charge in [-0.25, -0.2) is 4.98 Å². The molecule has 4 heteroatoms. The zero-order valence-corrected chi connectivity index (χ0v) is 8.78. The van der Waals surface area contributed by atoms with E-state index in [1.807, 2.05) is 20.8 Å². The van der Waals surface area contributed by atoms with E-state index in [4.69, 9.17) is 4.74 Å². The first-order valence-electron chi connectivity index (χ1n) is 4.82. The minimum atomic E-state index is -0.139. The number of nitrogens with one attached hydrogen (secondary N) is 1. The second kappa shape index (κ2) is 4.91. The third-order valence-electron chi connectivity index (χ3n) is 1.91. The van der Waals surface area contributed by atoms with Gasteiger partial charge in [-0.3, -0.25) is 4.79 Å². The van der Waals surface area contributed by atoms with Gasteiger partial charge in [0.15, 0.2) is 0 Å². The molecule has 0 aliphatic carbocycles. The van der Waals surface area contributed by atoms with Crippen LogP contribution >= 0.6 is 0 Å². The first kappa shape index (κ1) is 10.9. The monoisotopic (exact) mass is 196 g/mol. The van der Waals surface area contributed by atoms with Crippen LogP contribution in [0.2, 0.25) is 0 Å². The van der Waals surface area contributed by atoms with Crippen LogP contribution in [0.1, 0.15) is 32.7 Å². The first-order chi connectivity index (χ1) is 6.65. The van der Waals surface area contributed by atoms with Gasteiger partial charge in [-0.1, -0.05) is 13.8 Å². The van der Waals surface area contributed by atoms with Crippen molar-refractivity contribution in [3.05, 3.63) is 28.4 Å². The Morgan fingerprint density at radius 2 is 2.29 bits per heavy atom. The highest BCUT2D eigenvalue weighted by atomic mass is 16.5. The minimum Gasteiger partial charge on any atom is -0.370 e. The summed E-state index contributed by atoms with van der Waals surface area (Å²) in [6, 6.07) is 1.40. The minimum absolute atomic E-state index is 0.131. The largest absolute Gasteiger partial charge is 0.370 e. The summed E-state index contributed by atoms with van der Waals surface area (Å²) in [6.45, 7) is 6.61. The lowest BCUT2D eigenvalue weighted by atomic mass is 10.1. The molecule has 1 aromatic rings. The lowest BCUT2D eigenvalue weighted by molar-refractivity contribution is 0.0230. The summed E-state index contributed by atoms with van der Waals surface area (Å²) in [5.41, 5.74) is -0.139. The molecule has 0 aliphatic rings. The van der Waals surface area contributed by atoms with Gasteiger partial charge < -0.3 is 9.72 Å². The number of H-pyrrole nitrogens is 1. The van der Waals surface area contributed by atoms with Crippen LogP contribution in [0.4, 0.5) is 0 Å². The summed E-state index contributed by atoms with van der Waals surface area (Å²) in [4.78, 5) is 17.9. The molecule has 0 spiro atoms. The molecule has 0 aromatic carbocycles. The van der Waals surface area contributed by atoms with E-state index >= 15 is 0 Å². The maximum Gasteiger partial charge on any atom is 0.250 e. The normalized spacial score (nSPS) is 13.1. The van der Waals surface area contributed by atoms with Gasteiger partial charge in [0.2, 0.25) is 0 Å². The molecule has 1 N–H and O–H groups in total. The van der Waals surface area contributed by atoms with Crippen molar-refractivity contribution in [3.63, 3.8) is 0 Å². The topological polar surface area (TPSA) is 55.0 Å². The summed E-state index contributed by atoms with van der Waals surface area (Å²) in [5, 5.41) is 0.